The van der Waals surface area contributed by atoms with Crippen LogP contribution in [0.4, 0.5) is 5.69 Å². The number of pyridine rings is 1. The maximum absolute atomic E-state index is 13.8. The SMILES string of the molecule is COc1ncccc1C(=O)NCc1ccc(Cl)c(Cc2nc3cc(C(=O)NC4CCC(C)CC4)c(N4CC5CC5C4)cc3n2C)c1Cl. The van der Waals surface area contributed by atoms with E-state index in [0.29, 0.717) is 27.6 Å². The number of halogens is 2. The topological polar surface area (TPSA) is 101 Å². The fourth-order valence-electron chi connectivity index (χ4n) is 7.24. The van der Waals surface area contributed by atoms with Gasteiger partial charge in [-0.3, -0.25) is 9.59 Å². The number of carbonyl (C=O) groups is 2. The number of hydrogen-bond acceptors (Lipinski definition) is 6. The molecule has 47 heavy (non-hydrogen) atoms. The number of nitrogens with zero attached hydrogens (tertiary/aromatic N) is 4. The molecule has 0 radical (unpaired) electrons. The van der Waals surface area contributed by atoms with Crippen molar-refractivity contribution in [1.82, 2.24) is 25.2 Å². The summed E-state index contributed by atoms with van der Waals surface area (Å²) in [6.07, 6.45) is 7.58. The lowest BCUT2D eigenvalue weighted by Crippen LogP contribution is -2.38. The zero-order valence-corrected chi connectivity index (χ0v) is 28.5. The molecule has 1 aliphatic heterocycles. The number of nitrogens with one attached hydrogen (secondary N) is 2. The van der Waals surface area contributed by atoms with Gasteiger partial charge in [0.15, 0.2) is 0 Å². The number of piperidine rings is 1. The third-order valence-electron chi connectivity index (χ3n) is 10.3. The van der Waals surface area contributed by atoms with Crippen LogP contribution in [-0.2, 0) is 20.0 Å². The van der Waals surface area contributed by atoms with Gasteiger partial charge in [-0.05, 0) is 91.3 Å². The molecule has 3 fully saturated rings. The first-order chi connectivity index (χ1) is 22.7. The Labute approximate surface area is 285 Å². The molecule has 2 atom stereocenters. The molecule has 11 heteroatoms. The molecule has 2 aromatic heterocycles. The highest BCUT2D eigenvalue weighted by molar-refractivity contribution is 6.36. The average Bonchev–Trinajstić information content (AvgIpc) is 3.56. The van der Waals surface area contributed by atoms with E-state index in [2.05, 4.69) is 38.1 Å². The van der Waals surface area contributed by atoms with Gasteiger partial charge in [0.05, 0.1) is 34.4 Å². The molecule has 2 aromatic carbocycles. The van der Waals surface area contributed by atoms with Gasteiger partial charge in [0, 0.05) is 50.4 Å². The van der Waals surface area contributed by atoms with Crippen molar-refractivity contribution in [2.24, 2.45) is 24.8 Å². The second-order valence-electron chi connectivity index (χ2n) is 13.5. The number of imidazole rings is 1. The van der Waals surface area contributed by atoms with E-state index in [0.717, 1.165) is 90.2 Å². The Morgan fingerprint density at radius 3 is 2.53 bits per heavy atom. The number of rotatable bonds is 9. The standard InChI is InChI=1S/C36H40Cl2N6O3/c1-20-6-9-24(10-7-20)41-35(46)27-14-29-31(16-30(27)44-18-22-13-23(22)19-44)43(2)32(42-29)15-26-28(37)11-8-21(33(26)38)17-40-34(45)25-5-4-12-39-36(25)47-3/h4-5,8,11-12,14,16,20,22-24H,6-7,9-10,13,15,17-19H2,1-3H3,(H,40,45)(H,41,46). The number of carbonyl (C=O) groups excluding carboxylic acids is 2. The lowest BCUT2D eigenvalue weighted by atomic mass is 9.87. The fraction of sp³-hybridized carbons (Fsp3) is 0.444. The molecule has 1 saturated heterocycles. The largest absolute Gasteiger partial charge is 0.480 e. The van der Waals surface area contributed by atoms with Crippen LogP contribution in [0.25, 0.3) is 11.0 Å². The summed E-state index contributed by atoms with van der Waals surface area (Å²) in [7, 11) is 3.47. The van der Waals surface area contributed by atoms with Crippen LogP contribution >= 0.6 is 23.2 Å². The van der Waals surface area contributed by atoms with Gasteiger partial charge in [0.25, 0.3) is 11.8 Å². The minimum atomic E-state index is -0.318. The molecule has 2 amide bonds. The van der Waals surface area contributed by atoms with Crippen LogP contribution in [0.3, 0.4) is 0 Å². The lowest BCUT2D eigenvalue weighted by molar-refractivity contribution is 0.0921. The van der Waals surface area contributed by atoms with E-state index < -0.39 is 0 Å². The predicted molar refractivity (Wildman–Crippen MR) is 185 cm³/mol. The number of benzene rings is 2. The monoisotopic (exact) mass is 674 g/mol. The maximum atomic E-state index is 13.8. The number of amides is 2. The smallest absolute Gasteiger partial charge is 0.257 e. The Morgan fingerprint density at radius 2 is 1.79 bits per heavy atom. The van der Waals surface area contributed by atoms with Gasteiger partial charge < -0.3 is 24.8 Å². The Morgan fingerprint density at radius 1 is 1.02 bits per heavy atom. The van der Waals surface area contributed by atoms with Gasteiger partial charge in [-0.25, -0.2) is 9.97 Å². The van der Waals surface area contributed by atoms with Crippen molar-refractivity contribution >= 4 is 51.7 Å². The summed E-state index contributed by atoms with van der Waals surface area (Å²) in [5, 5.41) is 7.25. The highest BCUT2D eigenvalue weighted by Gasteiger charge is 2.46. The lowest BCUT2D eigenvalue weighted by Gasteiger charge is -2.28. The zero-order chi connectivity index (χ0) is 32.8. The van der Waals surface area contributed by atoms with E-state index >= 15 is 0 Å². The molecule has 3 heterocycles. The summed E-state index contributed by atoms with van der Waals surface area (Å²) in [4.78, 5) is 38.2. The summed E-state index contributed by atoms with van der Waals surface area (Å²) in [6, 6.07) is 11.3. The Hall–Kier alpha value is -3.82. The van der Waals surface area contributed by atoms with Crippen molar-refractivity contribution in [1.29, 1.82) is 0 Å². The summed E-state index contributed by atoms with van der Waals surface area (Å²) in [5.41, 5.74) is 5.19. The molecule has 3 aliphatic rings. The molecule has 0 bridgehead atoms. The van der Waals surface area contributed by atoms with E-state index in [4.69, 9.17) is 32.9 Å². The number of methoxy groups -OCH3 is 1. The summed E-state index contributed by atoms with van der Waals surface area (Å²) in [5.74, 6) is 2.88. The van der Waals surface area contributed by atoms with E-state index in [1.165, 1.54) is 13.5 Å². The minimum Gasteiger partial charge on any atom is -0.480 e. The summed E-state index contributed by atoms with van der Waals surface area (Å²) >= 11 is 13.6. The zero-order valence-electron chi connectivity index (χ0n) is 27.0. The first-order valence-electron chi connectivity index (χ1n) is 16.5. The van der Waals surface area contributed by atoms with Gasteiger partial charge in [-0.15, -0.1) is 0 Å². The predicted octanol–water partition coefficient (Wildman–Crippen LogP) is 6.57. The molecular formula is C36H40Cl2N6O3. The van der Waals surface area contributed by atoms with Gasteiger partial charge in [-0.1, -0.05) is 36.2 Å². The number of aromatic nitrogens is 3. The summed E-state index contributed by atoms with van der Waals surface area (Å²) in [6.45, 7) is 4.47. The van der Waals surface area contributed by atoms with Crippen LogP contribution < -0.4 is 20.3 Å². The van der Waals surface area contributed by atoms with Gasteiger partial charge in [0.1, 0.15) is 11.4 Å². The van der Waals surface area contributed by atoms with Crippen molar-refractivity contribution in [2.45, 2.75) is 58.0 Å². The number of hydrogen-bond donors (Lipinski definition) is 2. The highest BCUT2D eigenvalue weighted by Crippen LogP contribution is 2.47. The quantitative estimate of drug-likeness (QED) is 0.208. The van der Waals surface area contributed by atoms with Crippen LogP contribution in [0, 0.1) is 17.8 Å². The van der Waals surface area contributed by atoms with Crippen LogP contribution in [0.2, 0.25) is 10.0 Å². The normalized spacial score (nSPS) is 21.9. The maximum Gasteiger partial charge on any atom is 0.257 e. The number of anilines is 1. The molecule has 2 N–H and O–H groups in total. The molecule has 2 saturated carbocycles. The van der Waals surface area contributed by atoms with Crippen LogP contribution in [0.5, 0.6) is 5.88 Å². The molecule has 0 spiro atoms. The van der Waals surface area contributed by atoms with E-state index in [-0.39, 0.29) is 30.3 Å². The molecule has 9 nitrogen and oxygen atoms in total. The van der Waals surface area contributed by atoms with E-state index in [9.17, 15) is 9.59 Å². The molecule has 2 unspecified atom stereocenters. The van der Waals surface area contributed by atoms with Crippen molar-refractivity contribution < 1.29 is 14.3 Å². The molecular weight excluding hydrogens is 635 g/mol. The molecule has 2 aliphatic carbocycles. The Kier molecular flexibility index (Phi) is 8.78. The van der Waals surface area contributed by atoms with Crippen LogP contribution in [-0.4, -0.2) is 52.6 Å². The van der Waals surface area contributed by atoms with Crippen LogP contribution in [0.1, 0.15) is 76.7 Å². The Bertz CT molecular complexity index is 1840. The van der Waals surface area contributed by atoms with Crippen molar-refractivity contribution in [2.75, 3.05) is 25.1 Å². The van der Waals surface area contributed by atoms with Gasteiger partial charge in [0.2, 0.25) is 5.88 Å². The second-order valence-corrected chi connectivity index (χ2v) is 14.2. The average molecular weight is 676 g/mol. The van der Waals surface area contributed by atoms with Crippen molar-refractivity contribution in [3.05, 3.63) is 80.7 Å². The second kappa shape index (κ2) is 13.0. The number of ether oxygens (including phenoxy) is 1. The van der Waals surface area contributed by atoms with Crippen molar-refractivity contribution in [3.63, 3.8) is 0 Å². The van der Waals surface area contributed by atoms with E-state index in [1.807, 2.05) is 19.2 Å². The number of fused-ring (bicyclic) bond motifs is 2. The first kappa shape index (κ1) is 31.8. The number of aryl methyl sites for hydroxylation is 1. The molecule has 7 rings (SSSR count). The third-order valence-corrected chi connectivity index (χ3v) is 11.1. The Balaban J connectivity index is 1.15. The molecule has 4 aromatic rings. The third kappa shape index (κ3) is 6.40. The first-order valence-corrected chi connectivity index (χ1v) is 17.2. The van der Waals surface area contributed by atoms with Crippen LogP contribution in [0.15, 0.2) is 42.6 Å². The van der Waals surface area contributed by atoms with E-state index in [1.54, 1.807) is 24.4 Å². The molecule has 246 valence electrons. The van der Waals surface area contributed by atoms with Gasteiger partial charge in [-0.2, -0.15) is 0 Å². The highest BCUT2D eigenvalue weighted by atomic mass is 35.5. The summed E-state index contributed by atoms with van der Waals surface area (Å²) < 4.78 is 7.30. The van der Waals surface area contributed by atoms with Gasteiger partial charge >= 0.3 is 0 Å². The fourth-order valence-corrected chi connectivity index (χ4v) is 7.81. The minimum absolute atomic E-state index is 0.0148. The van der Waals surface area contributed by atoms with Crippen molar-refractivity contribution in [3.8, 4) is 5.88 Å².